The number of hydrogen-bond donors (Lipinski definition) is 1. The third-order valence-corrected chi connectivity index (χ3v) is 10.1. The molecular formula is C28H35NO3S. The van der Waals surface area contributed by atoms with Gasteiger partial charge in [-0.05, 0) is 85.0 Å². The fourth-order valence-corrected chi connectivity index (χ4v) is 8.84. The highest BCUT2D eigenvalue weighted by molar-refractivity contribution is 7.98. The van der Waals surface area contributed by atoms with Crippen molar-refractivity contribution in [2.75, 3.05) is 19.1 Å². The van der Waals surface area contributed by atoms with Gasteiger partial charge in [-0.3, -0.25) is 4.79 Å². The number of hydrogen-bond acceptors (Lipinski definition) is 5. The summed E-state index contributed by atoms with van der Waals surface area (Å²) in [5.41, 5.74) is 6.65. The Bertz CT molecular complexity index is 1030. The number of rotatable bonds is 5. The van der Waals surface area contributed by atoms with Crippen LogP contribution >= 0.6 is 11.8 Å². The molecule has 0 radical (unpaired) electrons. The molecule has 0 saturated heterocycles. The average molecular weight is 466 g/mol. The SMILES string of the molecule is CO[C@@]1(CSC)CC[C@H]2[C@@H]3CCC4=CC(=O)CCC4=C3[C@@H](c3ccc(/C=N\O)cc3)C[C@@]21C. The maximum atomic E-state index is 12.2. The summed E-state index contributed by atoms with van der Waals surface area (Å²) in [5, 5.41) is 12.1. The first-order valence-corrected chi connectivity index (χ1v) is 13.6. The first-order valence-electron chi connectivity index (χ1n) is 12.2. The van der Waals surface area contributed by atoms with E-state index < -0.39 is 0 Å². The van der Waals surface area contributed by atoms with Crippen molar-refractivity contribution in [1.29, 1.82) is 0 Å². The van der Waals surface area contributed by atoms with Crippen molar-refractivity contribution in [3.05, 3.63) is 58.2 Å². The summed E-state index contributed by atoms with van der Waals surface area (Å²) >= 11 is 1.91. The molecule has 4 aliphatic carbocycles. The van der Waals surface area contributed by atoms with Gasteiger partial charge in [-0.1, -0.05) is 41.9 Å². The minimum absolute atomic E-state index is 0.0896. The monoisotopic (exact) mass is 465 g/mol. The zero-order valence-corrected chi connectivity index (χ0v) is 20.8. The van der Waals surface area contributed by atoms with Crippen LogP contribution in [0.3, 0.4) is 0 Å². The van der Waals surface area contributed by atoms with Gasteiger partial charge in [0.05, 0.1) is 11.8 Å². The van der Waals surface area contributed by atoms with E-state index in [0.717, 1.165) is 43.4 Å². The molecule has 4 aliphatic rings. The Kier molecular flexibility index (Phi) is 6.07. The summed E-state index contributed by atoms with van der Waals surface area (Å²) < 4.78 is 6.41. The molecule has 5 rings (SSSR count). The molecule has 33 heavy (non-hydrogen) atoms. The van der Waals surface area contributed by atoms with Crippen LogP contribution in [-0.2, 0) is 9.53 Å². The average Bonchev–Trinajstić information content (AvgIpc) is 3.11. The summed E-state index contributed by atoms with van der Waals surface area (Å²) in [6, 6.07) is 8.52. The number of benzene rings is 1. The molecule has 176 valence electrons. The van der Waals surface area contributed by atoms with Crippen molar-refractivity contribution in [2.24, 2.45) is 22.4 Å². The molecule has 1 N–H and O–H groups in total. The summed E-state index contributed by atoms with van der Waals surface area (Å²) in [4.78, 5) is 12.2. The van der Waals surface area contributed by atoms with Crippen molar-refractivity contribution >= 4 is 23.8 Å². The van der Waals surface area contributed by atoms with E-state index in [4.69, 9.17) is 9.94 Å². The normalized spacial score (nSPS) is 35.9. The number of ether oxygens (including phenoxy) is 1. The van der Waals surface area contributed by atoms with Crippen LogP contribution in [0.4, 0.5) is 0 Å². The Labute approximate surface area is 201 Å². The van der Waals surface area contributed by atoms with Crippen LogP contribution in [0.5, 0.6) is 0 Å². The summed E-state index contributed by atoms with van der Waals surface area (Å²) in [5.74, 6) is 2.84. The molecule has 0 bridgehead atoms. The molecule has 1 aromatic rings. The molecule has 5 atom stereocenters. The predicted octanol–water partition coefficient (Wildman–Crippen LogP) is 6.14. The van der Waals surface area contributed by atoms with Crippen LogP contribution in [0.1, 0.15) is 68.9 Å². The molecule has 0 aliphatic heterocycles. The van der Waals surface area contributed by atoms with Crippen molar-refractivity contribution in [2.45, 2.75) is 63.4 Å². The second kappa shape index (κ2) is 8.74. The molecule has 2 saturated carbocycles. The van der Waals surface area contributed by atoms with Gasteiger partial charge in [0.1, 0.15) is 0 Å². The Morgan fingerprint density at radius 1 is 1.21 bits per heavy atom. The van der Waals surface area contributed by atoms with Crippen LogP contribution in [-0.4, -0.2) is 41.9 Å². The second-order valence-corrected chi connectivity index (χ2v) is 11.4. The molecule has 0 unspecified atom stereocenters. The van der Waals surface area contributed by atoms with Gasteiger partial charge in [-0.15, -0.1) is 0 Å². The Morgan fingerprint density at radius 2 is 2.00 bits per heavy atom. The molecule has 0 amide bonds. The number of nitrogens with zero attached hydrogens (tertiary/aromatic N) is 1. The number of carbonyl (C=O) groups excluding carboxylic acids is 1. The third-order valence-electron chi connectivity index (χ3n) is 9.34. The lowest BCUT2D eigenvalue weighted by molar-refractivity contribution is -0.114. The molecule has 0 spiro atoms. The van der Waals surface area contributed by atoms with Gasteiger partial charge in [-0.2, -0.15) is 11.8 Å². The number of thioether (sulfide) groups is 1. The number of oxime groups is 1. The van der Waals surface area contributed by atoms with Gasteiger partial charge in [0.25, 0.3) is 0 Å². The first-order chi connectivity index (χ1) is 16.0. The van der Waals surface area contributed by atoms with Crippen molar-refractivity contribution < 1.29 is 14.7 Å². The molecule has 5 heteroatoms. The highest BCUT2D eigenvalue weighted by Gasteiger charge is 2.63. The first kappa shape index (κ1) is 22.9. The minimum Gasteiger partial charge on any atom is -0.411 e. The lowest BCUT2D eigenvalue weighted by Gasteiger charge is -2.56. The highest BCUT2D eigenvalue weighted by atomic mass is 32.2. The van der Waals surface area contributed by atoms with Crippen LogP contribution in [0.25, 0.3) is 0 Å². The van der Waals surface area contributed by atoms with Crippen LogP contribution in [0, 0.1) is 17.3 Å². The van der Waals surface area contributed by atoms with E-state index >= 15 is 0 Å². The third kappa shape index (κ3) is 3.54. The fraction of sp³-hybridized carbons (Fsp3) is 0.571. The molecule has 1 aromatic carbocycles. The molecule has 2 fully saturated rings. The lowest BCUT2D eigenvalue weighted by Crippen LogP contribution is -2.53. The van der Waals surface area contributed by atoms with E-state index in [9.17, 15) is 4.79 Å². The maximum Gasteiger partial charge on any atom is 0.156 e. The predicted molar refractivity (Wildman–Crippen MR) is 134 cm³/mol. The molecular weight excluding hydrogens is 430 g/mol. The van der Waals surface area contributed by atoms with Crippen LogP contribution in [0.15, 0.2) is 52.2 Å². The smallest absolute Gasteiger partial charge is 0.156 e. The number of methoxy groups -OCH3 is 1. The van der Waals surface area contributed by atoms with Crippen LogP contribution in [0.2, 0.25) is 0 Å². The molecule has 4 nitrogen and oxygen atoms in total. The Hall–Kier alpha value is -1.85. The zero-order chi connectivity index (χ0) is 23.2. The highest BCUT2D eigenvalue weighted by Crippen LogP contribution is 2.67. The van der Waals surface area contributed by atoms with E-state index in [-0.39, 0.29) is 16.8 Å². The number of allylic oxidation sites excluding steroid dienone is 4. The molecule has 0 heterocycles. The van der Waals surface area contributed by atoms with Gasteiger partial charge >= 0.3 is 0 Å². The van der Waals surface area contributed by atoms with Crippen molar-refractivity contribution in [3.63, 3.8) is 0 Å². The van der Waals surface area contributed by atoms with E-state index in [2.05, 4.69) is 30.5 Å². The van der Waals surface area contributed by atoms with E-state index in [1.807, 2.05) is 37.1 Å². The largest absolute Gasteiger partial charge is 0.411 e. The van der Waals surface area contributed by atoms with Gasteiger partial charge in [0.2, 0.25) is 0 Å². The van der Waals surface area contributed by atoms with E-state index in [0.29, 0.717) is 24.2 Å². The second-order valence-electron chi connectivity index (χ2n) is 10.6. The number of ketones is 1. The standard InChI is InChI=1S/C28H35NO3S/c1-27-15-24(19-6-4-18(5-7-19)16-29-31)26-22-11-9-21(30)14-20(22)8-10-23(26)25(27)12-13-28(27,32-2)17-33-3/h4-7,14,16,23-25,31H,8-13,15,17H2,1-3H3/b29-16-/t23-,24+,25-,27-,28+/m0/s1. The maximum absolute atomic E-state index is 12.2. The number of fused-ring (bicyclic) bond motifs is 4. The van der Waals surface area contributed by atoms with Crippen LogP contribution < -0.4 is 0 Å². The lowest BCUT2D eigenvalue weighted by atomic mass is 9.51. The topological polar surface area (TPSA) is 58.9 Å². The summed E-state index contributed by atoms with van der Waals surface area (Å²) in [6.45, 7) is 2.50. The van der Waals surface area contributed by atoms with Gasteiger partial charge in [0, 0.05) is 30.6 Å². The zero-order valence-electron chi connectivity index (χ0n) is 20.0. The van der Waals surface area contributed by atoms with Gasteiger partial charge < -0.3 is 9.94 Å². The quantitative estimate of drug-likeness (QED) is 0.322. The molecule has 0 aromatic heterocycles. The van der Waals surface area contributed by atoms with Crippen molar-refractivity contribution in [1.82, 2.24) is 0 Å². The van der Waals surface area contributed by atoms with Gasteiger partial charge in [0.15, 0.2) is 5.78 Å². The summed E-state index contributed by atoms with van der Waals surface area (Å²) in [7, 11) is 1.92. The number of carbonyl (C=O) groups is 1. The van der Waals surface area contributed by atoms with E-state index in [1.165, 1.54) is 29.3 Å². The van der Waals surface area contributed by atoms with Gasteiger partial charge in [-0.25, -0.2) is 0 Å². The van der Waals surface area contributed by atoms with E-state index in [1.54, 1.807) is 5.57 Å². The Morgan fingerprint density at radius 3 is 2.70 bits per heavy atom. The summed E-state index contributed by atoms with van der Waals surface area (Å²) in [6.07, 6.45) is 12.8. The Balaban J connectivity index is 1.65. The minimum atomic E-state index is -0.0896. The van der Waals surface area contributed by atoms with Crippen molar-refractivity contribution in [3.8, 4) is 0 Å². The fourth-order valence-electron chi connectivity index (χ4n) is 7.78.